The zero-order valence-electron chi connectivity index (χ0n) is 9.52. The van der Waals surface area contributed by atoms with E-state index in [2.05, 4.69) is 15.5 Å². The van der Waals surface area contributed by atoms with E-state index in [1.807, 2.05) is 19.1 Å². The molecule has 0 amide bonds. The largest absolute Gasteiger partial charge is 0.473 e. The summed E-state index contributed by atoms with van der Waals surface area (Å²) in [5.74, 6) is 0.664. The highest BCUT2D eigenvalue weighted by molar-refractivity contribution is 5.11. The van der Waals surface area contributed by atoms with Gasteiger partial charge in [-0.15, -0.1) is 5.10 Å². The lowest BCUT2D eigenvalue weighted by molar-refractivity contribution is 0.130. The molecule has 0 saturated carbocycles. The van der Waals surface area contributed by atoms with Gasteiger partial charge in [-0.2, -0.15) is 5.10 Å². The SMILES string of the molecule is Cc1ccc(OC2C[C@H]3CC[C@@H](C2)N3)nn1. The maximum atomic E-state index is 5.88. The molecule has 2 fully saturated rings. The Balaban J connectivity index is 1.64. The topological polar surface area (TPSA) is 47.0 Å². The predicted octanol–water partition coefficient (Wildman–Crippen LogP) is 1.45. The van der Waals surface area contributed by atoms with E-state index in [-0.39, 0.29) is 0 Å². The summed E-state index contributed by atoms with van der Waals surface area (Å²) in [7, 11) is 0. The van der Waals surface area contributed by atoms with Crippen LogP contribution in [0, 0.1) is 6.92 Å². The van der Waals surface area contributed by atoms with Crippen LogP contribution in [-0.4, -0.2) is 28.4 Å². The van der Waals surface area contributed by atoms with Crippen LogP contribution < -0.4 is 10.1 Å². The maximum Gasteiger partial charge on any atom is 0.233 e. The average Bonchev–Trinajstić information content (AvgIpc) is 2.62. The maximum absolute atomic E-state index is 5.88. The van der Waals surface area contributed by atoms with Crippen molar-refractivity contribution >= 4 is 0 Å². The van der Waals surface area contributed by atoms with Crippen molar-refractivity contribution in [3.05, 3.63) is 17.8 Å². The summed E-state index contributed by atoms with van der Waals surface area (Å²) in [6, 6.07) is 5.16. The Morgan fingerprint density at radius 2 is 1.94 bits per heavy atom. The third kappa shape index (κ3) is 2.02. The molecular weight excluding hydrogens is 202 g/mol. The van der Waals surface area contributed by atoms with Crippen LogP contribution in [0.2, 0.25) is 0 Å². The minimum atomic E-state index is 0.316. The molecule has 0 aromatic carbocycles. The van der Waals surface area contributed by atoms with E-state index in [4.69, 9.17) is 4.74 Å². The van der Waals surface area contributed by atoms with E-state index < -0.39 is 0 Å². The molecule has 3 heterocycles. The number of nitrogens with one attached hydrogen (secondary N) is 1. The number of hydrogen-bond acceptors (Lipinski definition) is 4. The highest BCUT2D eigenvalue weighted by atomic mass is 16.5. The summed E-state index contributed by atoms with van der Waals surface area (Å²) in [6.07, 6.45) is 5.11. The van der Waals surface area contributed by atoms with Gasteiger partial charge in [0.25, 0.3) is 0 Å². The Morgan fingerprint density at radius 1 is 1.19 bits per heavy atom. The quantitative estimate of drug-likeness (QED) is 0.817. The van der Waals surface area contributed by atoms with Crippen LogP contribution >= 0.6 is 0 Å². The Bertz CT molecular complexity index is 353. The van der Waals surface area contributed by atoms with Gasteiger partial charge >= 0.3 is 0 Å². The normalized spacial score (nSPS) is 32.7. The van der Waals surface area contributed by atoms with Gasteiger partial charge in [0.2, 0.25) is 5.88 Å². The van der Waals surface area contributed by atoms with Gasteiger partial charge in [0, 0.05) is 18.2 Å². The lowest BCUT2D eigenvalue weighted by atomic mass is 10.0. The molecule has 16 heavy (non-hydrogen) atoms. The first-order valence-corrected chi connectivity index (χ1v) is 6.02. The summed E-state index contributed by atoms with van der Waals surface area (Å²) in [4.78, 5) is 0. The zero-order chi connectivity index (χ0) is 11.0. The fraction of sp³-hybridized carbons (Fsp3) is 0.667. The minimum Gasteiger partial charge on any atom is -0.473 e. The number of fused-ring (bicyclic) bond motifs is 2. The van der Waals surface area contributed by atoms with Gasteiger partial charge in [0.15, 0.2) is 0 Å². The van der Waals surface area contributed by atoms with E-state index in [1.165, 1.54) is 12.8 Å². The number of aromatic nitrogens is 2. The summed E-state index contributed by atoms with van der Waals surface area (Å²) in [5, 5.41) is 11.7. The first kappa shape index (κ1) is 10.0. The first-order valence-electron chi connectivity index (χ1n) is 6.02. The fourth-order valence-electron chi connectivity index (χ4n) is 2.72. The Labute approximate surface area is 95.4 Å². The molecule has 3 atom stereocenters. The molecule has 1 aromatic heterocycles. The highest BCUT2D eigenvalue weighted by Crippen LogP contribution is 2.28. The fourth-order valence-corrected chi connectivity index (χ4v) is 2.72. The van der Waals surface area contributed by atoms with Crippen molar-refractivity contribution in [2.24, 2.45) is 0 Å². The van der Waals surface area contributed by atoms with Gasteiger partial charge in [0.05, 0.1) is 5.69 Å². The van der Waals surface area contributed by atoms with Crippen LogP contribution in [0.5, 0.6) is 5.88 Å². The van der Waals surface area contributed by atoms with Crippen LogP contribution in [0.25, 0.3) is 0 Å². The van der Waals surface area contributed by atoms with Crippen LogP contribution in [0.1, 0.15) is 31.4 Å². The molecule has 1 aromatic rings. The molecule has 86 valence electrons. The van der Waals surface area contributed by atoms with Crippen LogP contribution in [0.4, 0.5) is 0 Å². The molecule has 2 aliphatic heterocycles. The number of ether oxygens (including phenoxy) is 1. The lowest BCUT2D eigenvalue weighted by Gasteiger charge is -2.28. The van der Waals surface area contributed by atoms with Gasteiger partial charge in [-0.25, -0.2) is 0 Å². The van der Waals surface area contributed by atoms with Crippen LogP contribution in [0.15, 0.2) is 12.1 Å². The Kier molecular flexibility index (Phi) is 2.52. The molecule has 2 saturated heterocycles. The molecule has 4 heteroatoms. The van der Waals surface area contributed by atoms with Gasteiger partial charge in [-0.3, -0.25) is 0 Å². The van der Waals surface area contributed by atoms with Crippen molar-refractivity contribution in [1.29, 1.82) is 0 Å². The number of nitrogens with zero attached hydrogens (tertiary/aromatic N) is 2. The predicted molar refractivity (Wildman–Crippen MR) is 60.4 cm³/mol. The molecule has 2 aliphatic rings. The average molecular weight is 219 g/mol. The summed E-state index contributed by atoms with van der Waals surface area (Å²) in [6.45, 7) is 1.93. The minimum absolute atomic E-state index is 0.316. The molecule has 4 nitrogen and oxygen atoms in total. The van der Waals surface area contributed by atoms with Crippen molar-refractivity contribution < 1.29 is 4.74 Å². The second-order valence-corrected chi connectivity index (χ2v) is 4.86. The first-order chi connectivity index (χ1) is 7.79. The molecular formula is C12H17N3O. The number of rotatable bonds is 2. The second kappa shape index (κ2) is 4.01. The molecule has 0 spiro atoms. The van der Waals surface area contributed by atoms with Gasteiger partial charge in [-0.1, -0.05) is 0 Å². The van der Waals surface area contributed by atoms with E-state index >= 15 is 0 Å². The van der Waals surface area contributed by atoms with E-state index in [0.29, 0.717) is 24.1 Å². The number of aryl methyl sites for hydroxylation is 1. The summed E-state index contributed by atoms with van der Waals surface area (Å²) >= 11 is 0. The van der Waals surface area contributed by atoms with Crippen LogP contribution in [-0.2, 0) is 0 Å². The van der Waals surface area contributed by atoms with Crippen molar-refractivity contribution in [2.45, 2.75) is 50.8 Å². The van der Waals surface area contributed by atoms with Crippen molar-refractivity contribution in [3.8, 4) is 5.88 Å². The van der Waals surface area contributed by atoms with Crippen molar-refractivity contribution in [1.82, 2.24) is 15.5 Å². The Morgan fingerprint density at radius 3 is 2.56 bits per heavy atom. The third-order valence-electron chi connectivity index (χ3n) is 3.49. The van der Waals surface area contributed by atoms with E-state index in [0.717, 1.165) is 18.5 Å². The van der Waals surface area contributed by atoms with Gasteiger partial charge in [-0.05, 0) is 38.7 Å². The van der Waals surface area contributed by atoms with Gasteiger partial charge in [0.1, 0.15) is 6.10 Å². The monoisotopic (exact) mass is 219 g/mol. The second-order valence-electron chi connectivity index (χ2n) is 4.86. The molecule has 0 radical (unpaired) electrons. The smallest absolute Gasteiger partial charge is 0.233 e. The number of hydrogen-bond donors (Lipinski definition) is 1. The molecule has 0 aliphatic carbocycles. The summed E-state index contributed by atoms with van der Waals surface area (Å²) in [5.41, 5.74) is 0.928. The lowest BCUT2D eigenvalue weighted by Crippen LogP contribution is -2.42. The van der Waals surface area contributed by atoms with E-state index in [1.54, 1.807) is 0 Å². The molecule has 3 rings (SSSR count). The third-order valence-corrected chi connectivity index (χ3v) is 3.49. The Hall–Kier alpha value is -1.16. The van der Waals surface area contributed by atoms with Crippen molar-refractivity contribution in [2.75, 3.05) is 0 Å². The van der Waals surface area contributed by atoms with Gasteiger partial charge < -0.3 is 10.1 Å². The van der Waals surface area contributed by atoms with E-state index in [9.17, 15) is 0 Å². The number of piperidine rings is 1. The molecule has 1 unspecified atom stereocenters. The zero-order valence-corrected chi connectivity index (χ0v) is 9.52. The molecule has 1 N–H and O–H groups in total. The standard InChI is InChI=1S/C12H17N3O/c1-8-2-5-12(15-14-8)16-11-6-9-3-4-10(7-11)13-9/h2,5,9-11,13H,3-4,6-7H2,1H3/t9-,10+,11?. The highest BCUT2D eigenvalue weighted by Gasteiger charge is 2.34. The van der Waals surface area contributed by atoms with Crippen molar-refractivity contribution in [3.63, 3.8) is 0 Å². The summed E-state index contributed by atoms with van der Waals surface area (Å²) < 4.78 is 5.88. The van der Waals surface area contributed by atoms with Crippen LogP contribution in [0.3, 0.4) is 0 Å². The molecule has 2 bridgehead atoms.